The Hall–Kier alpha value is -1.81. The molecular weight excluding hydrogens is 214 g/mol. The van der Waals surface area contributed by atoms with Crippen LogP contribution in [0.15, 0.2) is 35.0 Å². The van der Waals surface area contributed by atoms with Gasteiger partial charge in [-0.1, -0.05) is 29.4 Å². The minimum atomic E-state index is 0.642. The van der Waals surface area contributed by atoms with Gasteiger partial charge in [-0.25, -0.2) is 0 Å². The first-order valence-corrected chi connectivity index (χ1v) is 5.81. The predicted molar refractivity (Wildman–Crippen MR) is 65.2 cm³/mol. The Morgan fingerprint density at radius 1 is 1.29 bits per heavy atom. The Kier molecular flexibility index (Phi) is 2.57. The molecule has 1 aliphatic heterocycles. The largest absolute Gasteiger partial charge is 0.395 e. The molecule has 2 aromatic rings. The summed E-state index contributed by atoms with van der Waals surface area (Å²) in [5, 5.41) is 3.70. The fraction of sp³-hybridized carbons (Fsp3) is 0.308. The van der Waals surface area contributed by atoms with E-state index in [1.165, 1.54) is 11.1 Å². The SMILES string of the molecule is Nc1cnoc1CN1CCc2ccccc2C1. The standard InChI is InChI=1S/C13H15N3O/c14-12-7-15-17-13(12)9-16-6-5-10-3-1-2-4-11(10)8-16/h1-4,7H,5-6,8-9,14H2. The fourth-order valence-corrected chi connectivity index (χ4v) is 2.28. The summed E-state index contributed by atoms with van der Waals surface area (Å²) in [4.78, 5) is 2.33. The van der Waals surface area contributed by atoms with Crippen LogP contribution in [0, 0.1) is 0 Å². The van der Waals surface area contributed by atoms with Crippen LogP contribution in [-0.2, 0) is 19.5 Å². The lowest BCUT2D eigenvalue weighted by Crippen LogP contribution is -2.30. The van der Waals surface area contributed by atoms with Crippen LogP contribution >= 0.6 is 0 Å². The molecule has 2 heterocycles. The van der Waals surface area contributed by atoms with Crippen molar-refractivity contribution >= 4 is 5.69 Å². The Morgan fingerprint density at radius 2 is 2.12 bits per heavy atom. The van der Waals surface area contributed by atoms with Crippen molar-refractivity contribution in [3.05, 3.63) is 47.3 Å². The number of fused-ring (bicyclic) bond motifs is 1. The summed E-state index contributed by atoms with van der Waals surface area (Å²) in [6.07, 6.45) is 2.65. The van der Waals surface area contributed by atoms with E-state index in [0.29, 0.717) is 5.69 Å². The van der Waals surface area contributed by atoms with Gasteiger partial charge in [0.05, 0.1) is 18.4 Å². The van der Waals surface area contributed by atoms with Gasteiger partial charge in [0.2, 0.25) is 0 Å². The molecule has 0 aliphatic carbocycles. The molecule has 1 aromatic heterocycles. The van der Waals surface area contributed by atoms with Crippen LogP contribution in [0.5, 0.6) is 0 Å². The van der Waals surface area contributed by atoms with Crippen LogP contribution in [-0.4, -0.2) is 16.6 Å². The Morgan fingerprint density at radius 3 is 2.88 bits per heavy atom. The molecule has 17 heavy (non-hydrogen) atoms. The monoisotopic (exact) mass is 229 g/mol. The van der Waals surface area contributed by atoms with Gasteiger partial charge in [0.1, 0.15) is 0 Å². The van der Waals surface area contributed by atoms with Crippen LogP contribution in [0.3, 0.4) is 0 Å². The maximum atomic E-state index is 5.77. The summed E-state index contributed by atoms with van der Waals surface area (Å²) in [5.74, 6) is 0.768. The number of benzene rings is 1. The van der Waals surface area contributed by atoms with Crippen molar-refractivity contribution in [3.8, 4) is 0 Å². The molecule has 0 amide bonds. The predicted octanol–water partition coefficient (Wildman–Crippen LogP) is 1.82. The van der Waals surface area contributed by atoms with E-state index in [1.807, 2.05) is 0 Å². The molecule has 1 aliphatic rings. The topological polar surface area (TPSA) is 55.3 Å². The van der Waals surface area contributed by atoms with Crippen molar-refractivity contribution in [3.63, 3.8) is 0 Å². The summed E-state index contributed by atoms with van der Waals surface area (Å²) in [7, 11) is 0. The molecule has 0 saturated carbocycles. The zero-order valence-electron chi connectivity index (χ0n) is 9.60. The average molecular weight is 229 g/mol. The summed E-state index contributed by atoms with van der Waals surface area (Å²) in [6.45, 7) is 2.73. The molecule has 1 aromatic carbocycles. The molecule has 4 nitrogen and oxygen atoms in total. The van der Waals surface area contributed by atoms with Crippen molar-refractivity contribution in [2.75, 3.05) is 12.3 Å². The van der Waals surface area contributed by atoms with Crippen LogP contribution in [0.25, 0.3) is 0 Å². The van der Waals surface area contributed by atoms with E-state index < -0.39 is 0 Å². The third kappa shape index (κ3) is 2.03. The molecule has 88 valence electrons. The highest BCUT2D eigenvalue weighted by Gasteiger charge is 2.18. The Balaban J connectivity index is 1.74. The van der Waals surface area contributed by atoms with Gasteiger partial charge >= 0.3 is 0 Å². The highest BCUT2D eigenvalue weighted by Crippen LogP contribution is 2.21. The number of nitrogen functional groups attached to an aromatic ring is 1. The first kappa shape index (κ1) is 10.4. The van der Waals surface area contributed by atoms with Crippen molar-refractivity contribution in [2.24, 2.45) is 0 Å². The quantitative estimate of drug-likeness (QED) is 0.853. The molecule has 0 spiro atoms. The van der Waals surface area contributed by atoms with Crippen molar-refractivity contribution < 1.29 is 4.52 Å². The Labute approximate surface area is 100 Å². The van der Waals surface area contributed by atoms with Crippen LogP contribution in [0.2, 0.25) is 0 Å². The molecule has 2 N–H and O–H groups in total. The number of anilines is 1. The number of hydrogen-bond donors (Lipinski definition) is 1. The maximum Gasteiger partial charge on any atom is 0.173 e. The van der Waals surface area contributed by atoms with Crippen LogP contribution in [0.1, 0.15) is 16.9 Å². The van der Waals surface area contributed by atoms with Crippen LogP contribution < -0.4 is 5.73 Å². The highest BCUT2D eigenvalue weighted by molar-refractivity contribution is 5.38. The number of hydrogen-bond acceptors (Lipinski definition) is 4. The summed E-state index contributed by atoms with van der Waals surface area (Å²) >= 11 is 0. The highest BCUT2D eigenvalue weighted by atomic mass is 16.5. The zero-order valence-corrected chi connectivity index (χ0v) is 9.60. The van der Waals surface area contributed by atoms with Crippen molar-refractivity contribution in [1.29, 1.82) is 0 Å². The lowest BCUT2D eigenvalue weighted by atomic mass is 10.00. The third-order valence-electron chi connectivity index (χ3n) is 3.25. The first-order chi connectivity index (χ1) is 8.33. The lowest BCUT2D eigenvalue weighted by Gasteiger charge is -2.27. The Bertz CT molecular complexity index is 521. The lowest BCUT2D eigenvalue weighted by molar-refractivity contribution is 0.215. The molecule has 4 heteroatoms. The number of aromatic nitrogens is 1. The molecule has 0 radical (unpaired) electrons. The molecule has 0 unspecified atom stereocenters. The zero-order chi connectivity index (χ0) is 11.7. The molecular formula is C13H15N3O. The van der Waals surface area contributed by atoms with Gasteiger partial charge in [-0.15, -0.1) is 0 Å². The van der Waals surface area contributed by atoms with Gasteiger partial charge in [0.15, 0.2) is 5.76 Å². The smallest absolute Gasteiger partial charge is 0.173 e. The van der Waals surface area contributed by atoms with Gasteiger partial charge in [0.25, 0.3) is 0 Å². The van der Waals surface area contributed by atoms with Gasteiger partial charge in [-0.05, 0) is 17.5 Å². The minimum Gasteiger partial charge on any atom is -0.395 e. The molecule has 0 atom stereocenters. The number of nitrogens with two attached hydrogens (primary N) is 1. The van der Waals surface area contributed by atoms with Gasteiger partial charge in [0, 0.05) is 13.1 Å². The van der Waals surface area contributed by atoms with Gasteiger partial charge < -0.3 is 10.3 Å². The number of rotatable bonds is 2. The van der Waals surface area contributed by atoms with E-state index in [1.54, 1.807) is 6.20 Å². The van der Waals surface area contributed by atoms with Crippen LogP contribution in [0.4, 0.5) is 5.69 Å². The molecule has 0 saturated heterocycles. The van der Waals surface area contributed by atoms with E-state index in [-0.39, 0.29) is 0 Å². The molecule has 0 fully saturated rings. The second-order valence-electron chi connectivity index (χ2n) is 4.43. The van der Waals surface area contributed by atoms with Gasteiger partial charge in [-0.2, -0.15) is 0 Å². The third-order valence-corrected chi connectivity index (χ3v) is 3.25. The van der Waals surface area contributed by atoms with E-state index in [9.17, 15) is 0 Å². The average Bonchev–Trinajstić information content (AvgIpc) is 2.75. The van der Waals surface area contributed by atoms with Crippen molar-refractivity contribution in [2.45, 2.75) is 19.5 Å². The van der Waals surface area contributed by atoms with E-state index in [2.05, 4.69) is 34.3 Å². The first-order valence-electron chi connectivity index (χ1n) is 5.81. The van der Waals surface area contributed by atoms with Gasteiger partial charge in [-0.3, -0.25) is 4.90 Å². The minimum absolute atomic E-state index is 0.642. The normalized spacial score (nSPS) is 15.8. The summed E-state index contributed by atoms with van der Waals surface area (Å²) in [5.41, 5.74) is 9.26. The van der Waals surface area contributed by atoms with E-state index >= 15 is 0 Å². The number of nitrogens with zero attached hydrogens (tertiary/aromatic N) is 2. The van der Waals surface area contributed by atoms with Crippen molar-refractivity contribution in [1.82, 2.24) is 10.1 Å². The fourth-order valence-electron chi connectivity index (χ4n) is 2.28. The second-order valence-corrected chi connectivity index (χ2v) is 4.43. The summed E-state index contributed by atoms with van der Waals surface area (Å²) in [6, 6.07) is 8.58. The molecule has 0 bridgehead atoms. The van der Waals surface area contributed by atoms with E-state index in [4.69, 9.17) is 10.3 Å². The maximum absolute atomic E-state index is 5.77. The van der Waals surface area contributed by atoms with E-state index in [0.717, 1.165) is 31.8 Å². The summed E-state index contributed by atoms with van der Waals surface area (Å²) < 4.78 is 5.14. The molecule has 3 rings (SSSR count). The second kappa shape index (κ2) is 4.22.